The Morgan fingerprint density at radius 1 is 1.27 bits per heavy atom. The highest BCUT2D eigenvalue weighted by Crippen LogP contribution is 2.30. The number of thiophene rings is 1. The molecule has 0 bridgehead atoms. The summed E-state index contributed by atoms with van der Waals surface area (Å²) in [4.78, 5) is 22.5. The maximum Gasteiger partial charge on any atom is 0.319 e. The molecular formula is C16H22N4OS. The molecule has 2 aromatic heterocycles. The lowest BCUT2D eigenvalue weighted by Gasteiger charge is -2.38. The van der Waals surface area contributed by atoms with Crippen LogP contribution in [0.3, 0.4) is 0 Å². The van der Waals surface area contributed by atoms with Crippen molar-refractivity contribution in [3.05, 3.63) is 23.7 Å². The van der Waals surface area contributed by atoms with Crippen LogP contribution in [0.2, 0.25) is 0 Å². The number of carbonyl (C=O) groups is 1. The summed E-state index contributed by atoms with van der Waals surface area (Å²) < 4.78 is 1.28. The number of carbonyl (C=O) groups excluding carboxylic acids is 1. The number of pyridine rings is 1. The summed E-state index contributed by atoms with van der Waals surface area (Å²) in [6.45, 7) is 1.88. The van der Waals surface area contributed by atoms with E-state index in [1.165, 1.54) is 10.1 Å². The Bertz CT molecular complexity index is 661. The number of aromatic nitrogens is 1. The van der Waals surface area contributed by atoms with Crippen LogP contribution in [-0.2, 0) is 0 Å². The summed E-state index contributed by atoms with van der Waals surface area (Å²) in [7, 11) is 5.50. The van der Waals surface area contributed by atoms with E-state index in [0.29, 0.717) is 6.04 Å². The molecular weight excluding hydrogens is 296 g/mol. The van der Waals surface area contributed by atoms with Crippen LogP contribution in [-0.4, -0.2) is 61.1 Å². The molecule has 0 saturated carbocycles. The first kappa shape index (κ1) is 15.1. The van der Waals surface area contributed by atoms with Gasteiger partial charge in [0.15, 0.2) is 0 Å². The Labute approximate surface area is 135 Å². The number of fused-ring (bicyclic) bond motifs is 1. The standard InChI is InChI=1S/C16H22N4OS/c1-18(2)16(21)19(3)12-5-9-20(10-6-12)15-13-7-11-22-14(13)4-8-17-15/h4,7-8,11-12H,5-6,9-10H2,1-3H3. The molecule has 3 heterocycles. The average molecular weight is 318 g/mol. The highest BCUT2D eigenvalue weighted by molar-refractivity contribution is 7.17. The van der Waals surface area contributed by atoms with E-state index in [4.69, 9.17) is 0 Å². The van der Waals surface area contributed by atoms with Gasteiger partial charge >= 0.3 is 6.03 Å². The maximum absolute atomic E-state index is 12.1. The molecule has 0 aliphatic carbocycles. The van der Waals surface area contributed by atoms with E-state index in [9.17, 15) is 4.79 Å². The Morgan fingerprint density at radius 2 is 2.00 bits per heavy atom. The number of amides is 2. The fourth-order valence-electron chi connectivity index (χ4n) is 3.07. The van der Waals surface area contributed by atoms with Crippen LogP contribution >= 0.6 is 11.3 Å². The number of urea groups is 1. The lowest BCUT2D eigenvalue weighted by atomic mass is 10.0. The van der Waals surface area contributed by atoms with E-state index in [1.54, 1.807) is 30.3 Å². The highest BCUT2D eigenvalue weighted by Gasteiger charge is 2.27. The normalized spacial score (nSPS) is 16.0. The quantitative estimate of drug-likeness (QED) is 0.855. The molecule has 0 unspecified atom stereocenters. The van der Waals surface area contributed by atoms with Gasteiger partial charge in [0.05, 0.1) is 0 Å². The van der Waals surface area contributed by atoms with Gasteiger partial charge < -0.3 is 14.7 Å². The highest BCUT2D eigenvalue weighted by atomic mass is 32.1. The second-order valence-corrected chi connectivity index (χ2v) is 6.92. The van der Waals surface area contributed by atoms with Crippen LogP contribution in [0.5, 0.6) is 0 Å². The molecule has 6 heteroatoms. The minimum absolute atomic E-state index is 0.0801. The van der Waals surface area contributed by atoms with Crippen molar-refractivity contribution in [1.29, 1.82) is 0 Å². The largest absolute Gasteiger partial charge is 0.356 e. The minimum Gasteiger partial charge on any atom is -0.356 e. The van der Waals surface area contributed by atoms with Crippen LogP contribution in [0, 0.1) is 0 Å². The van der Waals surface area contributed by atoms with E-state index in [1.807, 2.05) is 18.1 Å². The van der Waals surface area contributed by atoms with Crippen LogP contribution in [0.25, 0.3) is 10.1 Å². The van der Waals surface area contributed by atoms with E-state index in [0.717, 1.165) is 31.7 Å². The van der Waals surface area contributed by atoms with Gasteiger partial charge in [0.25, 0.3) is 0 Å². The van der Waals surface area contributed by atoms with Gasteiger partial charge in [-0.25, -0.2) is 9.78 Å². The van der Waals surface area contributed by atoms with E-state index in [-0.39, 0.29) is 6.03 Å². The second kappa shape index (κ2) is 6.12. The molecule has 1 saturated heterocycles. The average Bonchev–Trinajstić information content (AvgIpc) is 3.02. The molecule has 2 aromatic rings. The van der Waals surface area contributed by atoms with E-state index < -0.39 is 0 Å². The zero-order valence-corrected chi connectivity index (χ0v) is 14.1. The zero-order valence-electron chi connectivity index (χ0n) is 13.3. The SMILES string of the molecule is CN(C)C(=O)N(C)C1CCN(c2nccc3sccc23)CC1. The summed E-state index contributed by atoms with van der Waals surface area (Å²) in [5.74, 6) is 1.08. The summed E-state index contributed by atoms with van der Waals surface area (Å²) in [6, 6.07) is 4.61. The zero-order chi connectivity index (χ0) is 15.7. The molecule has 1 aliphatic rings. The van der Waals surface area contributed by atoms with Crippen molar-refractivity contribution in [2.45, 2.75) is 18.9 Å². The molecule has 1 aliphatic heterocycles. The first-order chi connectivity index (χ1) is 10.6. The molecule has 0 radical (unpaired) electrons. The summed E-state index contributed by atoms with van der Waals surface area (Å²) in [5, 5.41) is 3.36. The molecule has 0 N–H and O–H groups in total. The third kappa shape index (κ3) is 2.75. The molecule has 0 spiro atoms. The number of hydrogen-bond acceptors (Lipinski definition) is 4. The van der Waals surface area contributed by atoms with Crippen LogP contribution in [0.1, 0.15) is 12.8 Å². The Balaban J connectivity index is 1.69. The van der Waals surface area contributed by atoms with Gasteiger partial charge in [0, 0.05) is 56.6 Å². The lowest BCUT2D eigenvalue weighted by molar-refractivity contribution is 0.155. The van der Waals surface area contributed by atoms with Crippen molar-refractivity contribution in [3.8, 4) is 0 Å². The molecule has 2 amide bonds. The molecule has 0 aromatic carbocycles. The van der Waals surface area contributed by atoms with E-state index in [2.05, 4.69) is 27.4 Å². The van der Waals surface area contributed by atoms with Crippen molar-refractivity contribution in [2.75, 3.05) is 39.1 Å². The Kier molecular flexibility index (Phi) is 4.20. The van der Waals surface area contributed by atoms with Gasteiger partial charge in [0.2, 0.25) is 0 Å². The number of hydrogen-bond donors (Lipinski definition) is 0. The first-order valence-electron chi connectivity index (χ1n) is 7.59. The van der Waals surface area contributed by atoms with E-state index >= 15 is 0 Å². The molecule has 22 heavy (non-hydrogen) atoms. The summed E-state index contributed by atoms with van der Waals surface area (Å²) in [6.07, 6.45) is 3.86. The van der Waals surface area contributed by atoms with Crippen molar-refractivity contribution in [3.63, 3.8) is 0 Å². The van der Waals surface area contributed by atoms with Crippen LogP contribution in [0.4, 0.5) is 10.6 Å². The topological polar surface area (TPSA) is 39.7 Å². The number of rotatable bonds is 2. The second-order valence-electron chi connectivity index (χ2n) is 5.97. The molecule has 5 nitrogen and oxygen atoms in total. The monoisotopic (exact) mass is 318 g/mol. The van der Waals surface area contributed by atoms with Crippen molar-refractivity contribution in [2.24, 2.45) is 0 Å². The van der Waals surface area contributed by atoms with Gasteiger partial charge in [-0.15, -0.1) is 11.3 Å². The third-order valence-corrected chi connectivity index (χ3v) is 5.24. The predicted octanol–water partition coefficient (Wildman–Crippen LogP) is 2.88. The predicted molar refractivity (Wildman–Crippen MR) is 91.7 cm³/mol. The number of nitrogens with zero attached hydrogens (tertiary/aromatic N) is 4. The number of anilines is 1. The maximum atomic E-state index is 12.1. The molecule has 118 valence electrons. The smallest absolute Gasteiger partial charge is 0.319 e. The molecule has 0 atom stereocenters. The van der Waals surface area contributed by atoms with Gasteiger partial charge in [-0.1, -0.05) is 0 Å². The van der Waals surface area contributed by atoms with Crippen LogP contribution < -0.4 is 4.90 Å². The lowest BCUT2D eigenvalue weighted by Crippen LogP contribution is -2.48. The van der Waals surface area contributed by atoms with Gasteiger partial charge in [0.1, 0.15) is 5.82 Å². The Hall–Kier alpha value is -1.82. The first-order valence-corrected chi connectivity index (χ1v) is 8.47. The fourth-order valence-corrected chi connectivity index (χ4v) is 3.84. The van der Waals surface area contributed by atoms with Gasteiger partial charge in [-0.3, -0.25) is 0 Å². The number of piperidine rings is 1. The van der Waals surface area contributed by atoms with Crippen LogP contribution in [0.15, 0.2) is 23.7 Å². The molecule has 3 rings (SSSR count). The summed E-state index contributed by atoms with van der Waals surface area (Å²) in [5.41, 5.74) is 0. The van der Waals surface area contributed by atoms with Gasteiger partial charge in [-0.05, 0) is 30.4 Å². The van der Waals surface area contributed by atoms with Crippen molar-refractivity contribution < 1.29 is 4.79 Å². The fraction of sp³-hybridized carbons (Fsp3) is 0.500. The Morgan fingerprint density at radius 3 is 2.68 bits per heavy atom. The van der Waals surface area contributed by atoms with Crippen molar-refractivity contribution >= 4 is 33.3 Å². The van der Waals surface area contributed by atoms with Crippen molar-refractivity contribution in [1.82, 2.24) is 14.8 Å². The molecule has 1 fully saturated rings. The van der Waals surface area contributed by atoms with Gasteiger partial charge in [-0.2, -0.15) is 0 Å². The summed E-state index contributed by atoms with van der Waals surface area (Å²) >= 11 is 1.75. The third-order valence-electron chi connectivity index (χ3n) is 4.35. The minimum atomic E-state index is 0.0801.